The summed E-state index contributed by atoms with van der Waals surface area (Å²) in [4.78, 5) is 25.6. The third-order valence-corrected chi connectivity index (χ3v) is 2.14. The molecule has 0 unspecified atom stereocenters. The van der Waals surface area contributed by atoms with Crippen LogP contribution in [0.4, 0.5) is 0 Å². The highest BCUT2D eigenvalue weighted by Crippen LogP contribution is 1.98. The van der Waals surface area contributed by atoms with Crippen LogP contribution in [-0.2, 0) is 0 Å². The third kappa shape index (κ3) is 8.06. The quantitative estimate of drug-likeness (QED) is 0.308. The number of hydrogen-bond acceptors (Lipinski definition) is 4. The Balaban J connectivity index is 3.04. The maximum Gasteiger partial charge on any atom is 0.492 e. The number of nitrogens with one attached hydrogen (secondary N) is 1. The smallest absolute Gasteiger partial charge is 0.390 e. The van der Waals surface area contributed by atoms with E-state index in [0.717, 1.165) is 13.1 Å². The Labute approximate surface area is 61.9 Å². The average Bonchev–Trinajstić information content (AvgIpc) is 1.78. The lowest BCUT2D eigenvalue weighted by Gasteiger charge is -2.08. The molecule has 0 aromatic heterocycles. The molecule has 0 aliphatic carbocycles. The lowest BCUT2D eigenvalue weighted by Crippen LogP contribution is -2.35. The molecule has 0 bridgehead atoms. The van der Waals surface area contributed by atoms with Crippen LogP contribution < -0.4 is 5.32 Å². The van der Waals surface area contributed by atoms with Crippen LogP contribution in [0.15, 0.2) is 0 Å². The van der Waals surface area contributed by atoms with E-state index in [9.17, 15) is 0 Å². The predicted molar refractivity (Wildman–Crippen MR) is 40.4 cm³/mol. The number of rotatable bonds is 5. The zero-order valence-electron chi connectivity index (χ0n) is 6.17. The van der Waals surface area contributed by atoms with Crippen molar-refractivity contribution in [3.05, 3.63) is 0 Å². The van der Waals surface area contributed by atoms with Gasteiger partial charge in [0.15, 0.2) is 0 Å². The van der Waals surface area contributed by atoms with Gasteiger partial charge < -0.3 is 19.7 Å². The van der Waals surface area contributed by atoms with E-state index < -0.39 is 8.80 Å². The molecule has 5 heteroatoms. The van der Waals surface area contributed by atoms with Crippen LogP contribution in [-0.4, -0.2) is 36.3 Å². The summed E-state index contributed by atoms with van der Waals surface area (Å²) < 4.78 is 0. The number of hydrogen-bond donors (Lipinski definition) is 4. The average molecular weight is 165 g/mol. The normalized spacial score (nSPS) is 12.0. The van der Waals surface area contributed by atoms with Gasteiger partial charge >= 0.3 is 8.80 Å². The van der Waals surface area contributed by atoms with Crippen LogP contribution in [0.25, 0.3) is 0 Å². The van der Waals surface area contributed by atoms with Gasteiger partial charge in [-0.2, -0.15) is 0 Å². The highest BCUT2D eigenvalue weighted by atomic mass is 28.4. The summed E-state index contributed by atoms with van der Waals surface area (Å²) in [6, 6.07) is 0.125. The van der Waals surface area contributed by atoms with Crippen LogP contribution in [0.2, 0.25) is 6.04 Å². The summed E-state index contributed by atoms with van der Waals surface area (Å²) in [6.45, 7) is 3.57. The molecule has 0 fully saturated rings. The molecule has 0 atom stereocenters. The summed E-state index contributed by atoms with van der Waals surface area (Å²) in [5, 5.41) is 3.01. The van der Waals surface area contributed by atoms with Gasteiger partial charge in [-0.05, 0) is 19.5 Å². The predicted octanol–water partition coefficient (Wildman–Crippen LogP) is -1.10. The second-order valence-electron chi connectivity index (χ2n) is 2.23. The summed E-state index contributed by atoms with van der Waals surface area (Å²) in [6.07, 6.45) is 0.615. The molecule has 4 nitrogen and oxygen atoms in total. The molecule has 62 valence electrons. The molecule has 4 N–H and O–H groups in total. The van der Waals surface area contributed by atoms with Crippen LogP contribution >= 0.6 is 0 Å². The fourth-order valence-corrected chi connectivity index (χ4v) is 1.28. The third-order valence-electron chi connectivity index (χ3n) is 1.12. The summed E-state index contributed by atoms with van der Waals surface area (Å²) in [5.74, 6) is 0. The van der Waals surface area contributed by atoms with Crippen molar-refractivity contribution in [1.29, 1.82) is 0 Å². The Morgan fingerprint density at radius 1 is 1.30 bits per heavy atom. The fraction of sp³-hybridized carbons (Fsp3) is 1.00. The molecule has 0 amide bonds. The van der Waals surface area contributed by atoms with Gasteiger partial charge in [0.2, 0.25) is 0 Å². The van der Waals surface area contributed by atoms with Gasteiger partial charge in [0.25, 0.3) is 0 Å². The zero-order valence-corrected chi connectivity index (χ0v) is 7.17. The topological polar surface area (TPSA) is 72.7 Å². The van der Waals surface area contributed by atoms with Crippen molar-refractivity contribution in [2.24, 2.45) is 0 Å². The Bertz CT molecular complexity index is 83.5. The molecule has 0 aromatic rings. The first kappa shape index (κ1) is 10.1. The molecular weight excluding hydrogens is 150 g/mol. The molecule has 0 aromatic carbocycles. The second kappa shape index (κ2) is 4.81. The van der Waals surface area contributed by atoms with Crippen LogP contribution in [0.5, 0.6) is 0 Å². The first-order valence-corrected chi connectivity index (χ1v) is 5.49. The molecule has 0 radical (unpaired) electrons. The van der Waals surface area contributed by atoms with Crippen molar-refractivity contribution in [2.45, 2.75) is 19.4 Å². The standard InChI is InChI=1S/C5H15NO3Si/c1-2-6-4-3-5-10(7,8)9/h6-9H,2-5H2,1H3. The highest BCUT2D eigenvalue weighted by Gasteiger charge is 2.25. The SMILES string of the molecule is CCNCCC[Si](O)(O)O. The van der Waals surface area contributed by atoms with E-state index >= 15 is 0 Å². The van der Waals surface area contributed by atoms with Gasteiger partial charge in [0, 0.05) is 6.04 Å². The van der Waals surface area contributed by atoms with E-state index in [0.29, 0.717) is 6.42 Å². The molecular formula is C5H15NO3Si. The lowest BCUT2D eigenvalue weighted by molar-refractivity contribution is 0.226. The molecule has 0 spiro atoms. The van der Waals surface area contributed by atoms with E-state index in [4.69, 9.17) is 14.4 Å². The van der Waals surface area contributed by atoms with Gasteiger partial charge in [-0.25, -0.2) is 0 Å². The second-order valence-corrected chi connectivity index (χ2v) is 4.28. The van der Waals surface area contributed by atoms with Crippen molar-refractivity contribution in [3.8, 4) is 0 Å². The summed E-state index contributed by atoms with van der Waals surface area (Å²) >= 11 is 0. The lowest BCUT2D eigenvalue weighted by atomic mass is 10.5. The van der Waals surface area contributed by atoms with E-state index in [2.05, 4.69) is 5.32 Å². The van der Waals surface area contributed by atoms with Gasteiger partial charge in [0.05, 0.1) is 0 Å². The first-order valence-electron chi connectivity index (χ1n) is 3.44. The molecule has 0 saturated carbocycles. The van der Waals surface area contributed by atoms with Crippen molar-refractivity contribution in [2.75, 3.05) is 13.1 Å². The van der Waals surface area contributed by atoms with Crippen LogP contribution in [0, 0.1) is 0 Å². The fourth-order valence-electron chi connectivity index (χ4n) is 0.627. The first-order chi connectivity index (χ1) is 4.56. The Morgan fingerprint density at radius 3 is 2.30 bits per heavy atom. The molecule has 0 aliphatic heterocycles. The largest absolute Gasteiger partial charge is 0.492 e. The molecule has 0 rings (SSSR count). The minimum atomic E-state index is -3.75. The Hall–Kier alpha value is 0.0569. The van der Waals surface area contributed by atoms with E-state index in [1.54, 1.807) is 0 Å². The van der Waals surface area contributed by atoms with Gasteiger partial charge in [-0.15, -0.1) is 0 Å². The monoisotopic (exact) mass is 165 g/mol. The summed E-state index contributed by atoms with van der Waals surface area (Å²) in [7, 11) is -3.75. The minimum absolute atomic E-state index is 0.125. The van der Waals surface area contributed by atoms with E-state index in [1.165, 1.54) is 0 Å². The van der Waals surface area contributed by atoms with Gasteiger partial charge in [-0.3, -0.25) is 0 Å². The molecule has 0 aliphatic rings. The Morgan fingerprint density at radius 2 is 1.90 bits per heavy atom. The molecule has 0 heterocycles. The minimum Gasteiger partial charge on any atom is -0.390 e. The van der Waals surface area contributed by atoms with Crippen LogP contribution in [0.3, 0.4) is 0 Å². The van der Waals surface area contributed by atoms with Crippen molar-refractivity contribution < 1.29 is 14.4 Å². The molecule has 10 heavy (non-hydrogen) atoms. The van der Waals surface area contributed by atoms with Crippen molar-refractivity contribution >= 4 is 8.80 Å². The van der Waals surface area contributed by atoms with Gasteiger partial charge in [0.1, 0.15) is 0 Å². The van der Waals surface area contributed by atoms with Crippen LogP contribution in [0.1, 0.15) is 13.3 Å². The van der Waals surface area contributed by atoms with Gasteiger partial charge in [-0.1, -0.05) is 6.92 Å². The van der Waals surface area contributed by atoms with E-state index in [1.807, 2.05) is 6.92 Å². The molecule has 0 saturated heterocycles. The van der Waals surface area contributed by atoms with Crippen molar-refractivity contribution in [1.82, 2.24) is 5.32 Å². The zero-order chi connectivity index (χ0) is 8.04. The Kier molecular flexibility index (Phi) is 4.84. The maximum absolute atomic E-state index is 8.54. The maximum atomic E-state index is 8.54. The van der Waals surface area contributed by atoms with Crippen molar-refractivity contribution in [3.63, 3.8) is 0 Å². The summed E-state index contributed by atoms with van der Waals surface area (Å²) in [5.41, 5.74) is 0. The highest BCUT2D eigenvalue weighted by molar-refractivity contribution is 6.56. The van der Waals surface area contributed by atoms with E-state index in [-0.39, 0.29) is 6.04 Å².